The van der Waals surface area contributed by atoms with Crippen molar-refractivity contribution in [3.63, 3.8) is 0 Å². The maximum absolute atomic E-state index is 3.45. The molecule has 3 rings (SSSR count). The molecule has 1 aliphatic heterocycles. The SMILES string of the molecule is Cc1ccc(C)n1CC1C2CNCC21. The lowest BCUT2D eigenvalue weighted by atomic mass is 10.2. The van der Waals surface area contributed by atoms with Crippen molar-refractivity contribution < 1.29 is 0 Å². The van der Waals surface area contributed by atoms with Crippen LogP contribution >= 0.6 is 0 Å². The van der Waals surface area contributed by atoms with Gasteiger partial charge in [0, 0.05) is 17.9 Å². The van der Waals surface area contributed by atoms with Gasteiger partial charge in [0.15, 0.2) is 0 Å². The van der Waals surface area contributed by atoms with E-state index in [9.17, 15) is 0 Å². The number of rotatable bonds is 2. The molecule has 2 heterocycles. The van der Waals surface area contributed by atoms with Gasteiger partial charge in [-0.1, -0.05) is 0 Å². The maximum Gasteiger partial charge on any atom is 0.0259 e. The molecule has 2 fully saturated rings. The van der Waals surface area contributed by atoms with Gasteiger partial charge in [0.2, 0.25) is 0 Å². The molecule has 14 heavy (non-hydrogen) atoms. The van der Waals surface area contributed by atoms with E-state index in [0.717, 1.165) is 17.8 Å². The second-order valence-corrected chi connectivity index (χ2v) is 4.88. The summed E-state index contributed by atoms with van der Waals surface area (Å²) in [5.41, 5.74) is 2.83. The second-order valence-electron chi connectivity index (χ2n) is 4.88. The van der Waals surface area contributed by atoms with Gasteiger partial charge in [-0.05, 0) is 56.8 Å². The van der Waals surface area contributed by atoms with Crippen molar-refractivity contribution in [3.05, 3.63) is 23.5 Å². The van der Waals surface area contributed by atoms with Gasteiger partial charge in [0.1, 0.15) is 0 Å². The molecule has 2 atom stereocenters. The van der Waals surface area contributed by atoms with Crippen LogP contribution in [0.1, 0.15) is 11.4 Å². The first kappa shape index (κ1) is 8.54. The van der Waals surface area contributed by atoms with Crippen LogP contribution in [-0.2, 0) is 6.54 Å². The Hall–Kier alpha value is -0.760. The smallest absolute Gasteiger partial charge is 0.0259 e. The minimum Gasteiger partial charge on any atom is -0.349 e. The molecule has 76 valence electrons. The van der Waals surface area contributed by atoms with Crippen molar-refractivity contribution in [2.24, 2.45) is 17.8 Å². The van der Waals surface area contributed by atoms with Crippen LogP contribution in [0.2, 0.25) is 0 Å². The summed E-state index contributed by atoms with van der Waals surface area (Å²) in [5.74, 6) is 2.92. The Kier molecular flexibility index (Phi) is 1.75. The van der Waals surface area contributed by atoms with Gasteiger partial charge in [-0.25, -0.2) is 0 Å². The lowest BCUT2D eigenvalue weighted by Crippen LogP contribution is -2.17. The molecule has 1 saturated heterocycles. The molecule has 1 saturated carbocycles. The quantitative estimate of drug-likeness (QED) is 0.749. The Morgan fingerprint density at radius 2 is 1.79 bits per heavy atom. The lowest BCUT2D eigenvalue weighted by Gasteiger charge is -2.10. The molecule has 2 unspecified atom stereocenters. The van der Waals surface area contributed by atoms with Crippen LogP contribution in [0.4, 0.5) is 0 Å². The topological polar surface area (TPSA) is 17.0 Å². The molecule has 1 aromatic rings. The third-order valence-corrected chi connectivity index (χ3v) is 4.08. The van der Waals surface area contributed by atoms with Crippen molar-refractivity contribution >= 4 is 0 Å². The molecule has 0 aromatic carbocycles. The summed E-state index contributed by atoms with van der Waals surface area (Å²) < 4.78 is 2.48. The van der Waals surface area contributed by atoms with Crippen LogP contribution in [0, 0.1) is 31.6 Å². The summed E-state index contributed by atoms with van der Waals surface area (Å²) in [6.07, 6.45) is 0. The first-order valence-electron chi connectivity index (χ1n) is 5.61. The van der Waals surface area contributed by atoms with E-state index in [0.29, 0.717) is 0 Å². The van der Waals surface area contributed by atoms with Crippen molar-refractivity contribution in [1.29, 1.82) is 0 Å². The molecule has 0 amide bonds. The van der Waals surface area contributed by atoms with Crippen LogP contribution in [0.3, 0.4) is 0 Å². The van der Waals surface area contributed by atoms with Crippen LogP contribution in [0.25, 0.3) is 0 Å². The molecule has 2 nitrogen and oxygen atoms in total. The summed E-state index contributed by atoms with van der Waals surface area (Å²) >= 11 is 0. The zero-order valence-electron chi connectivity index (χ0n) is 8.96. The van der Waals surface area contributed by atoms with Crippen molar-refractivity contribution in [2.75, 3.05) is 13.1 Å². The highest BCUT2D eigenvalue weighted by Gasteiger charge is 2.52. The van der Waals surface area contributed by atoms with E-state index in [1.807, 2.05) is 0 Å². The number of nitrogens with one attached hydrogen (secondary N) is 1. The summed E-state index contributed by atoms with van der Waals surface area (Å²) in [7, 11) is 0. The van der Waals surface area contributed by atoms with Gasteiger partial charge in [0.25, 0.3) is 0 Å². The van der Waals surface area contributed by atoms with Crippen LogP contribution in [0.15, 0.2) is 12.1 Å². The van der Waals surface area contributed by atoms with E-state index >= 15 is 0 Å². The number of hydrogen-bond acceptors (Lipinski definition) is 1. The summed E-state index contributed by atoms with van der Waals surface area (Å²) in [4.78, 5) is 0. The van der Waals surface area contributed by atoms with E-state index in [4.69, 9.17) is 0 Å². The second kappa shape index (κ2) is 2.86. The average Bonchev–Trinajstić information content (AvgIpc) is 2.55. The van der Waals surface area contributed by atoms with Crippen LogP contribution < -0.4 is 5.32 Å². The number of piperidine rings is 1. The minimum atomic E-state index is 0.959. The number of hydrogen-bond donors (Lipinski definition) is 1. The fourth-order valence-electron chi connectivity index (χ4n) is 3.02. The van der Waals surface area contributed by atoms with E-state index in [1.165, 1.54) is 31.0 Å². The van der Waals surface area contributed by atoms with E-state index in [1.54, 1.807) is 0 Å². The predicted octanol–water partition coefficient (Wildman–Crippen LogP) is 1.57. The van der Waals surface area contributed by atoms with E-state index < -0.39 is 0 Å². The van der Waals surface area contributed by atoms with E-state index in [-0.39, 0.29) is 0 Å². The van der Waals surface area contributed by atoms with Gasteiger partial charge in [-0.3, -0.25) is 0 Å². The van der Waals surface area contributed by atoms with Gasteiger partial charge in [-0.15, -0.1) is 0 Å². The highest BCUT2D eigenvalue weighted by Crippen LogP contribution is 2.49. The van der Waals surface area contributed by atoms with Crippen LogP contribution in [-0.4, -0.2) is 17.7 Å². The third-order valence-electron chi connectivity index (χ3n) is 4.08. The normalized spacial score (nSPS) is 34.6. The maximum atomic E-state index is 3.45. The molecular weight excluding hydrogens is 172 g/mol. The number of aromatic nitrogens is 1. The summed E-state index contributed by atoms with van der Waals surface area (Å²) in [5, 5.41) is 3.45. The first-order chi connectivity index (χ1) is 6.77. The van der Waals surface area contributed by atoms with Crippen molar-refractivity contribution in [2.45, 2.75) is 20.4 Å². The zero-order valence-corrected chi connectivity index (χ0v) is 8.96. The Balaban J connectivity index is 1.74. The molecule has 2 heteroatoms. The number of fused-ring (bicyclic) bond motifs is 1. The Morgan fingerprint density at radius 3 is 2.36 bits per heavy atom. The molecule has 1 N–H and O–H groups in total. The summed E-state index contributed by atoms with van der Waals surface area (Å²) in [6, 6.07) is 4.46. The molecule has 1 aliphatic carbocycles. The molecular formula is C12H18N2. The van der Waals surface area contributed by atoms with Crippen molar-refractivity contribution in [3.8, 4) is 0 Å². The first-order valence-corrected chi connectivity index (χ1v) is 5.61. The molecule has 2 aliphatic rings. The Morgan fingerprint density at radius 1 is 1.21 bits per heavy atom. The fraction of sp³-hybridized carbons (Fsp3) is 0.667. The fourth-order valence-corrected chi connectivity index (χ4v) is 3.02. The van der Waals surface area contributed by atoms with Gasteiger partial charge < -0.3 is 9.88 Å². The molecule has 0 radical (unpaired) electrons. The zero-order chi connectivity index (χ0) is 9.71. The van der Waals surface area contributed by atoms with E-state index in [2.05, 4.69) is 35.9 Å². The molecule has 1 aromatic heterocycles. The lowest BCUT2D eigenvalue weighted by molar-refractivity contribution is 0.506. The minimum absolute atomic E-state index is 0.959. The largest absolute Gasteiger partial charge is 0.349 e. The summed E-state index contributed by atoms with van der Waals surface area (Å²) in [6.45, 7) is 8.19. The predicted molar refractivity (Wildman–Crippen MR) is 57.2 cm³/mol. The number of nitrogens with zero attached hydrogens (tertiary/aromatic N) is 1. The third kappa shape index (κ3) is 1.13. The number of aryl methyl sites for hydroxylation is 2. The van der Waals surface area contributed by atoms with Gasteiger partial charge in [-0.2, -0.15) is 0 Å². The van der Waals surface area contributed by atoms with Crippen LogP contribution in [0.5, 0.6) is 0 Å². The molecule has 0 bridgehead atoms. The highest BCUT2D eigenvalue weighted by molar-refractivity contribution is 5.15. The standard InChI is InChI=1S/C12H18N2/c1-8-3-4-9(2)14(8)7-12-10-5-13-6-11(10)12/h3-4,10-13H,5-7H2,1-2H3. The van der Waals surface area contributed by atoms with Crippen molar-refractivity contribution in [1.82, 2.24) is 9.88 Å². The molecule has 0 spiro atoms. The highest BCUT2D eigenvalue weighted by atomic mass is 15.0. The monoisotopic (exact) mass is 190 g/mol. The average molecular weight is 190 g/mol. The van der Waals surface area contributed by atoms with Gasteiger partial charge in [0.05, 0.1) is 0 Å². The van der Waals surface area contributed by atoms with Gasteiger partial charge >= 0.3 is 0 Å². The Labute approximate surface area is 85.3 Å². The Bertz CT molecular complexity index is 324.